The van der Waals surface area contributed by atoms with Crippen LogP contribution in [0.2, 0.25) is 0 Å². The molecule has 22 heavy (non-hydrogen) atoms. The lowest BCUT2D eigenvalue weighted by molar-refractivity contribution is 0.0998. The van der Waals surface area contributed by atoms with E-state index in [4.69, 9.17) is 22.9 Å². The third-order valence-corrected chi connectivity index (χ3v) is 5.23. The number of carbonyl (C=O) groups excluding carboxylic acids is 3. The first kappa shape index (κ1) is 18.3. The largest absolute Gasteiger partial charge is 0.366 e. The zero-order valence-corrected chi connectivity index (χ0v) is 13.5. The van der Waals surface area contributed by atoms with Crippen LogP contribution in [0.25, 0.3) is 0 Å². The molecular formula is C13H18N4O3S2. The third kappa shape index (κ3) is 4.93. The molecule has 7 nitrogen and oxygen atoms in total. The minimum absolute atomic E-state index is 0.0245. The topological polar surface area (TPSA) is 155 Å². The Morgan fingerprint density at radius 1 is 0.864 bits per heavy atom. The molecule has 0 atom stereocenters. The van der Waals surface area contributed by atoms with Crippen molar-refractivity contribution in [1.82, 2.24) is 0 Å². The van der Waals surface area contributed by atoms with E-state index < -0.39 is 17.7 Å². The zero-order chi connectivity index (χ0) is 16.7. The van der Waals surface area contributed by atoms with Crippen LogP contribution >= 0.6 is 21.6 Å². The molecular weight excluding hydrogens is 324 g/mol. The van der Waals surface area contributed by atoms with Crippen LogP contribution < -0.4 is 22.9 Å². The van der Waals surface area contributed by atoms with Gasteiger partial charge in [-0.3, -0.25) is 14.4 Å². The molecule has 8 N–H and O–H groups in total. The molecule has 0 saturated carbocycles. The summed E-state index contributed by atoms with van der Waals surface area (Å²) in [7, 11) is 3.16. The Morgan fingerprint density at radius 2 is 1.36 bits per heavy atom. The maximum absolute atomic E-state index is 11.6. The molecule has 0 unspecified atom stereocenters. The van der Waals surface area contributed by atoms with Crippen LogP contribution in [0.5, 0.6) is 0 Å². The molecule has 9 heteroatoms. The molecule has 0 aliphatic carbocycles. The molecule has 120 valence electrons. The van der Waals surface area contributed by atoms with Crippen molar-refractivity contribution in [2.75, 3.05) is 18.1 Å². The summed E-state index contributed by atoms with van der Waals surface area (Å²) in [5, 5.41) is 0. The summed E-state index contributed by atoms with van der Waals surface area (Å²) < 4.78 is 0. The van der Waals surface area contributed by atoms with E-state index in [1.165, 1.54) is 12.1 Å². The number of hydrogen-bond donors (Lipinski definition) is 4. The maximum atomic E-state index is 11.6. The lowest BCUT2D eigenvalue weighted by atomic mass is 9.94. The summed E-state index contributed by atoms with van der Waals surface area (Å²) in [6.45, 7) is 0.573. The smallest absolute Gasteiger partial charge is 0.249 e. The molecule has 3 amide bonds. The van der Waals surface area contributed by atoms with Crippen molar-refractivity contribution in [2.24, 2.45) is 22.9 Å². The Morgan fingerprint density at radius 3 is 1.77 bits per heavy atom. The minimum Gasteiger partial charge on any atom is -0.366 e. The molecule has 0 aliphatic rings. The zero-order valence-electron chi connectivity index (χ0n) is 11.8. The summed E-state index contributed by atoms with van der Waals surface area (Å²) in [6, 6.07) is 2.59. The van der Waals surface area contributed by atoms with Gasteiger partial charge < -0.3 is 22.9 Å². The van der Waals surface area contributed by atoms with Gasteiger partial charge in [0.05, 0.1) is 0 Å². The predicted molar refractivity (Wildman–Crippen MR) is 89.7 cm³/mol. The van der Waals surface area contributed by atoms with Gasteiger partial charge in [0.15, 0.2) is 0 Å². The molecule has 0 saturated heterocycles. The van der Waals surface area contributed by atoms with Crippen LogP contribution in [-0.4, -0.2) is 35.8 Å². The van der Waals surface area contributed by atoms with Crippen molar-refractivity contribution >= 4 is 39.3 Å². The van der Waals surface area contributed by atoms with Gasteiger partial charge >= 0.3 is 0 Å². The quantitative estimate of drug-likeness (QED) is 0.362. The molecule has 0 heterocycles. The Balaban J connectivity index is 3.13. The second kappa shape index (κ2) is 8.66. The average Bonchev–Trinajstić information content (AvgIpc) is 2.45. The predicted octanol–water partition coefficient (Wildman–Crippen LogP) is -0.134. The van der Waals surface area contributed by atoms with Crippen molar-refractivity contribution < 1.29 is 14.4 Å². The van der Waals surface area contributed by atoms with Gasteiger partial charge in [-0.25, -0.2) is 0 Å². The van der Waals surface area contributed by atoms with Gasteiger partial charge in [-0.05, 0) is 24.1 Å². The van der Waals surface area contributed by atoms with E-state index in [-0.39, 0.29) is 16.7 Å². The first-order valence-electron chi connectivity index (χ1n) is 6.39. The van der Waals surface area contributed by atoms with Gasteiger partial charge in [-0.2, -0.15) is 0 Å². The molecule has 1 aromatic carbocycles. The fraction of sp³-hybridized carbons (Fsp3) is 0.308. The summed E-state index contributed by atoms with van der Waals surface area (Å²) in [5.41, 5.74) is 21.9. The van der Waals surface area contributed by atoms with Gasteiger partial charge in [0.2, 0.25) is 17.7 Å². The molecule has 0 bridgehead atoms. The Labute approximate surface area is 135 Å². The molecule has 1 aromatic rings. The van der Waals surface area contributed by atoms with E-state index in [0.717, 1.165) is 5.75 Å². The third-order valence-electron chi connectivity index (χ3n) is 2.79. The van der Waals surface area contributed by atoms with Crippen LogP contribution in [0, 0.1) is 0 Å². The van der Waals surface area contributed by atoms with E-state index in [9.17, 15) is 14.4 Å². The van der Waals surface area contributed by atoms with Crippen molar-refractivity contribution in [2.45, 2.75) is 6.42 Å². The monoisotopic (exact) mass is 342 g/mol. The van der Waals surface area contributed by atoms with Crippen molar-refractivity contribution in [3.05, 3.63) is 34.4 Å². The second-order valence-corrected chi connectivity index (χ2v) is 7.03. The number of primary amides is 3. The average molecular weight is 342 g/mol. The number of nitrogens with two attached hydrogens (primary N) is 4. The fourth-order valence-electron chi connectivity index (χ4n) is 1.83. The summed E-state index contributed by atoms with van der Waals surface area (Å²) in [5.74, 6) is -0.789. The molecule has 0 spiro atoms. The van der Waals surface area contributed by atoms with E-state index in [2.05, 4.69) is 0 Å². The van der Waals surface area contributed by atoms with Crippen LogP contribution in [0.15, 0.2) is 12.1 Å². The van der Waals surface area contributed by atoms with E-state index >= 15 is 0 Å². The number of amides is 3. The number of benzene rings is 1. The lowest BCUT2D eigenvalue weighted by Crippen LogP contribution is -2.23. The van der Waals surface area contributed by atoms with Crippen LogP contribution in [-0.2, 0) is 6.42 Å². The molecule has 0 aromatic heterocycles. The van der Waals surface area contributed by atoms with E-state index in [1.807, 2.05) is 0 Å². The highest BCUT2D eigenvalue weighted by Crippen LogP contribution is 2.25. The van der Waals surface area contributed by atoms with Gasteiger partial charge in [0.25, 0.3) is 0 Å². The van der Waals surface area contributed by atoms with Crippen molar-refractivity contribution in [3.8, 4) is 0 Å². The van der Waals surface area contributed by atoms with E-state index in [0.29, 0.717) is 24.3 Å². The SMILES string of the molecule is NCCSSCCc1c(C(N)=O)cc(C(N)=O)cc1C(N)=O. The van der Waals surface area contributed by atoms with Crippen LogP contribution in [0.1, 0.15) is 36.6 Å². The normalized spacial score (nSPS) is 10.4. The number of hydrogen-bond acceptors (Lipinski definition) is 6. The summed E-state index contributed by atoms with van der Waals surface area (Å²) >= 11 is 0. The van der Waals surface area contributed by atoms with Gasteiger partial charge in [-0.15, -0.1) is 0 Å². The Hall–Kier alpha value is -1.71. The number of rotatable bonds is 9. The lowest BCUT2D eigenvalue weighted by Gasteiger charge is -2.12. The standard InChI is InChI=1S/C13H18N4O3S2/c14-2-4-22-21-3-1-8-9(12(16)19)5-7(11(15)18)6-10(8)13(17)20/h5-6H,1-4,14H2,(H2,15,18)(H2,16,19)(H2,17,20). The van der Waals surface area contributed by atoms with Crippen molar-refractivity contribution in [1.29, 1.82) is 0 Å². The highest BCUT2D eigenvalue weighted by atomic mass is 33.1. The van der Waals surface area contributed by atoms with Gasteiger partial charge in [-0.1, -0.05) is 21.6 Å². The van der Waals surface area contributed by atoms with Gasteiger partial charge in [0, 0.05) is 34.7 Å². The first-order valence-corrected chi connectivity index (χ1v) is 8.88. The number of carbonyl (C=O) groups is 3. The van der Waals surface area contributed by atoms with Crippen LogP contribution in [0.3, 0.4) is 0 Å². The summed E-state index contributed by atoms with van der Waals surface area (Å²) in [6.07, 6.45) is 0.415. The highest BCUT2D eigenvalue weighted by Gasteiger charge is 2.19. The Kier molecular flexibility index (Phi) is 7.22. The maximum Gasteiger partial charge on any atom is 0.249 e. The van der Waals surface area contributed by atoms with Crippen molar-refractivity contribution in [3.63, 3.8) is 0 Å². The molecule has 1 rings (SSSR count). The van der Waals surface area contributed by atoms with Gasteiger partial charge in [0.1, 0.15) is 0 Å². The molecule has 0 fully saturated rings. The molecule has 0 radical (unpaired) electrons. The van der Waals surface area contributed by atoms with Crippen LogP contribution in [0.4, 0.5) is 0 Å². The highest BCUT2D eigenvalue weighted by molar-refractivity contribution is 8.76. The first-order chi connectivity index (χ1) is 10.4. The Bertz CT molecular complexity index is 558. The fourth-order valence-corrected chi connectivity index (χ4v) is 3.70. The minimum atomic E-state index is -0.760. The second-order valence-electron chi connectivity index (χ2n) is 4.33. The van der Waals surface area contributed by atoms with E-state index in [1.54, 1.807) is 21.6 Å². The molecule has 0 aliphatic heterocycles. The summed E-state index contributed by atoms with van der Waals surface area (Å²) in [4.78, 5) is 34.5.